The summed E-state index contributed by atoms with van der Waals surface area (Å²) in [7, 11) is 2.76. The number of hydrogen-bond acceptors (Lipinski definition) is 9. The molecule has 12 heteroatoms. The lowest BCUT2D eigenvalue weighted by atomic mass is 9.84. The zero-order valence-corrected chi connectivity index (χ0v) is 28.6. The van der Waals surface area contributed by atoms with Crippen LogP contribution in [0.5, 0.6) is 17.2 Å². The van der Waals surface area contributed by atoms with E-state index in [1.165, 1.54) is 19.1 Å². The third-order valence-corrected chi connectivity index (χ3v) is 7.88. The van der Waals surface area contributed by atoms with Crippen LogP contribution in [0.2, 0.25) is 0 Å². The topological polar surface area (TPSA) is 118 Å². The molecule has 0 aromatic heterocycles. The molecule has 4 rings (SSSR count). The Morgan fingerprint density at radius 2 is 1.73 bits per heavy atom. The summed E-state index contributed by atoms with van der Waals surface area (Å²) in [5.74, 6) is -0.361. The first kappa shape index (κ1) is 35.8. The Hall–Kier alpha value is -3.67. The van der Waals surface area contributed by atoms with Crippen molar-refractivity contribution in [2.45, 2.75) is 65.3 Å². The first-order valence-corrected chi connectivity index (χ1v) is 14.9. The Balaban J connectivity index is 0.00000552. The third-order valence-electron chi connectivity index (χ3n) is 7.88. The van der Waals surface area contributed by atoms with Gasteiger partial charge in [-0.25, -0.2) is 4.39 Å². The van der Waals surface area contributed by atoms with Gasteiger partial charge in [-0.2, -0.15) is 0 Å². The summed E-state index contributed by atoms with van der Waals surface area (Å²) in [5.41, 5.74) is 2.17. The molecule has 1 fully saturated rings. The molecule has 0 radical (unpaired) electrons. The summed E-state index contributed by atoms with van der Waals surface area (Å²) in [6.07, 6.45) is 1.48. The minimum absolute atomic E-state index is 0. The van der Waals surface area contributed by atoms with Gasteiger partial charge in [0, 0.05) is 50.0 Å². The number of hydrogen-bond donors (Lipinski definition) is 1. The highest BCUT2D eigenvalue weighted by Gasteiger charge is 2.34. The quantitative estimate of drug-likeness (QED) is 0.172. The summed E-state index contributed by atoms with van der Waals surface area (Å²) < 4.78 is 37.1. The number of methoxy groups -OCH3 is 2. The van der Waals surface area contributed by atoms with Gasteiger partial charge >= 0.3 is 5.97 Å². The van der Waals surface area contributed by atoms with E-state index in [0.29, 0.717) is 61.5 Å². The predicted octanol–water partition coefficient (Wildman–Crippen LogP) is 5.63. The molecule has 0 saturated carbocycles. The number of carbonyl (C=O) groups is 3. The Morgan fingerprint density at radius 3 is 2.33 bits per heavy atom. The highest BCUT2D eigenvalue weighted by Crippen LogP contribution is 2.42. The van der Waals surface area contributed by atoms with Crippen molar-refractivity contribution in [3.8, 4) is 17.2 Å². The van der Waals surface area contributed by atoms with Gasteiger partial charge in [-0.3, -0.25) is 19.8 Å². The molecule has 2 aliphatic heterocycles. The number of halogens is 2. The van der Waals surface area contributed by atoms with Crippen LogP contribution in [-0.4, -0.2) is 75.3 Å². The van der Waals surface area contributed by atoms with Gasteiger partial charge in [0.1, 0.15) is 17.4 Å². The van der Waals surface area contributed by atoms with Gasteiger partial charge in [0.05, 0.1) is 45.2 Å². The van der Waals surface area contributed by atoms with Gasteiger partial charge in [-0.05, 0) is 42.5 Å². The van der Waals surface area contributed by atoms with Gasteiger partial charge in [0.15, 0.2) is 23.1 Å². The Morgan fingerprint density at radius 1 is 1.04 bits per heavy atom. The van der Waals surface area contributed by atoms with Crippen LogP contribution in [0.25, 0.3) is 0 Å². The predicted molar refractivity (Wildman–Crippen MR) is 174 cm³/mol. The molecular weight excluding hydrogens is 649 g/mol. The monoisotopic (exact) mass is 691 g/mol. The average molecular weight is 693 g/mol. The minimum Gasteiger partial charge on any atom is -0.493 e. The van der Waals surface area contributed by atoms with Gasteiger partial charge in [0.2, 0.25) is 0 Å². The summed E-state index contributed by atoms with van der Waals surface area (Å²) in [4.78, 5) is 41.4. The molecule has 246 valence electrons. The van der Waals surface area contributed by atoms with E-state index in [2.05, 4.69) is 4.90 Å². The second-order valence-corrected chi connectivity index (χ2v) is 12.0. The van der Waals surface area contributed by atoms with Crippen LogP contribution in [0, 0.1) is 11.2 Å². The van der Waals surface area contributed by atoms with E-state index in [1.807, 2.05) is 26.8 Å². The molecule has 0 amide bonds. The fraction of sp³-hybridized carbons (Fsp3) is 0.515. The standard InChI is InChI=1S/C33H42FN3O7.BrH/c1-7-43-27(40)9-8-14-44-30-23(33(2,3)4)15-20(16-24(30)36-12-10-22(38)11-13-36)25(39)19-37-18-21-17-26(41-5)31(42-6)29(34)28(21)32(37)35;/h15-17,35H,7-14,18-19H2,1-6H3;1H. The number of ether oxygens (including phenoxy) is 4. The fourth-order valence-corrected chi connectivity index (χ4v) is 5.56. The number of carbonyl (C=O) groups excluding carboxylic acids is 3. The van der Waals surface area contributed by atoms with Crippen molar-refractivity contribution in [1.29, 1.82) is 5.41 Å². The van der Waals surface area contributed by atoms with E-state index in [-0.39, 0.29) is 83.5 Å². The van der Waals surface area contributed by atoms with E-state index in [0.717, 1.165) is 5.56 Å². The number of amidine groups is 1. The highest BCUT2D eigenvalue weighted by molar-refractivity contribution is 8.93. The number of fused-ring (bicyclic) bond motifs is 1. The van der Waals surface area contributed by atoms with E-state index in [1.54, 1.807) is 19.1 Å². The van der Waals surface area contributed by atoms with Crippen molar-refractivity contribution in [3.05, 3.63) is 46.3 Å². The van der Waals surface area contributed by atoms with Crippen molar-refractivity contribution in [2.24, 2.45) is 0 Å². The molecule has 0 aliphatic carbocycles. The van der Waals surface area contributed by atoms with Crippen LogP contribution >= 0.6 is 17.0 Å². The fourth-order valence-electron chi connectivity index (χ4n) is 5.56. The highest BCUT2D eigenvalue weighted by atomic mass is 79.9. The second kappa shape index (κ2) is 15.1. The van der Waals surface area contributed by atoms with Crippen LogP contribution in [0.1, 0.15) is 80.4 Å². The summed E-state index contributed by atoms with van der Waals surface area (Å²) >= 11 is 0. The SMILES string of the molecule is Br.CCOC(=O)CCCOc1c(N2CCC(=O)CC2)cc(C(=O)CN2Cc3cc(OC)c(OC)c(F)c3C2=N)cc1C(C)(C)C. The first-order chi connectivity index (χ1) is 20.9. The van der Waals surface area contributed by atoms with Gasteiger partial charge in [0.25, 0.3) is 0 Å². The van der Waals surface area contributed by atoms with Crippen LogP contribution < -0.4 is 19.1 Å². The third kappa shape index (κ3) is 7.95. The second-order valence-electron chi connectivity index (χ2n) is 12.0. The molecule has 10 nitrogen and oxygen atoms in total. The van der Waals surface area contributed by atoms with E-state index < -0.39 is 11.2 Å². The van der Waals surface area contributed by atoms with E-state index in [4.69, 9.17) is 24.4 Å². The Labute approximate surface area is 274 Å². The molecule has 0 spiro atoms. The molecular formula is C33H43BrFN3O7. The number of nitrogens with zero attached hydrogens (tertiary/aromatic N) is 2. The van der Waals surface area contributed by atoms with Crippen molar-refractivity contribution >= 4 is 46.0 Å². The van der Waals surface area contributed by atoms with E-state index >= 15 is 4.39 Å². The van der Waals surface area contributed by atoms with Crippen molar-refractivity contribution in [2.75, 3.05) is 52.0 Å². The smallest absolute Gasteiger partial charge is 0.305 e. The molecule has 1 N–H and O–H groups in total. The number of nitrogens with one attached hydrogen (secondary N) is 1. The molecule has 2 aliphatic rings. The normalized spacial score (nSPS) is 14.6. The molecule has 0 atom stereocenters. The lowest BCUT2D eigenvalue weighted by Gasteiger charge is -2.33. The largest absolute Gasteiger partial charge is 0.493 e. The maximum absolute atomic E-state index is 15.3. The van der Waals surface area contributed by atoms with Gasteiger partial charge in [-0.1, -0.05) is 20.8 Å². The molecule has 2 heterocycles. The maximum atomic E-state index is 15.3. The maximum Gasteiger partial charge on any atom is 0.305 e. The molecule has 1 saturated heterocycles. The number of anilines is 1. The summed E-state index contributed by atoms with van der Waals surface area (Å²) in [6.45, 7) is 9.47. The van der Waals surface area contributed by atoms with Crippen molar-refractivity contribution in [1.82, 2.24) is 4.90 Å². The zero-order chi connectivity index (χ0) is 32.2. The van der Waals surface area contributed by atoms with Crippen LogP contribution in [0.4, 0.5) is 10.1 Å². The lowest BCUT2D eigenvalue weighted by molar-refractivity contribution is -0.143. The molecule has 0 bridgehead atoms. The Kier molecular flexibility index (Phi) is 12.0. The lowest BCUT2D eigenvalue weighted by Crippen LogP contribution is -2.35. The molecule has 2 aromatic rings. The summed E-state index contributed by atoms with van der Waals surface area (Å²) in [6, 6.07) is 5.24. The van der Waals surface area contributed by atoms with Crippen molar-refractivity contribution in [3.63, 3.8) is 0 Å². The van der Waals surface area contributed by atoms with Gasteiger partial charge < -0.3 is 28.7 Å². The number of piperidine rings is 1. The van der Waals surface area contributed by atoms with E-state index in [9.17, 15) is 14.4 Å². The minimum atomic E-state index is -0.691. The van der Waals surface area contributed by atoms with Crippen LogP contribution in [0.3, 0.4) is 0 Å². The molecule has 2 aromatic carbocycles. The average Bonchev–Trinajstić information content (AvgIpc) is 3.29. The van der Waals surface area contributed by atoms with Gasteiger partial charge in [-0.15, -0.1) is 17.0 Å². The Bertz CT molecular complexity index is 1450. The number of esters is 1. The number of benzene rings is 2. The number of rotatable bonds is 12. The number of ketones is 2. The summed E-state index contributed by atoms with van der Waals surface area (Å²) in [5, 5.41) is 8.68. The zero-order valence-electron chi connectivity index (χ0n) is 26.8. The first-order valence-electron chi connectivity index (χ1n) is 14.9. The van der Waals surface area contributed by atoms with Crippen LogP contribution in [0.15, 0.2) is 18.2 Å². The molecule has 45 heavy (non-hydrogen) atoms. The number of Topliss-reactive ketones (excluding diaryl/α,β-unsaturated/α-hetero) is 2. The van der Waals surface area contributed by atoms with Crippen LogP contribution in [-0.2, 0) is 26.3 Å². The molecule has 0 unspecified atom stereocenters. The van der Waals surface area contributed by atoms with Crippen molar-refractivity contribution < 1.29 is 37.7 Å².